The van der Waals surface area contributed by atoms with E-state index in [0.29, 0.717) is 22.7 Å². The molecular weight excluding hydrogens is 342 g/mol. The molecule has 2 heterocycles. The van der Waals surface area contributed by atoms with Crippen LogP contribution in [0.2, 0.25) is 0 Å². The van der Waals surface area contributed by atoms with E-state index in [0.717, 1.165) is 17.9 Å². The molecule has 1 amide bonds. The molecule has 6 heteroatoms. The maximum Gasteiger partial charge on any atom is 0.255 e. The van der Waals surface area contributed by atoms with Crippen LogP contribution in [0.4, 0.5) is 17.2 Å². The van der Waals surface area contributed by atoms with E-state index >= 15 is 0 Å². The zero-order chi connectivity index (χ0) is 18.6. The van der Waals surface area contributed by atoms with Gasteiger partial charge >= 0.3 is 0 Å². The minimum atomic E-state index is -0.230. The molecule has 3 aromatic rings. The van der Waals surface area contributed by atoms with Crippen LogP contribution in [-0.4, -0.2) is 17.7 Å². The van der Waals surface area contributed by atoms with Gasteiger partial charge in [-0.15, -0.1) is 0 Å². The van der Waals surface area contributed by atoms with Gasteiger partial charge in [0.1, 0.15) is 5.82 Å². The number of carbonyl (C=O) groups is 1. The maximum absolute atomic E-state index is 12.4. The number of nitrogens with zero attached hydrogens (tertiary/aromatic N) is 1. The molecule has 0 spiro atoms. The average Bonchev–Trinajstić information content (AvgIpc) is 3.17. The quantitative estimate of drug-likeness (QED) is 0.706. The maximum atomic E-state index is 12.4. The van der Waals surface area contributed by atoms with Gasteiger partial charge in [0.25, 0.3) is 5.91 Å². The molecule has 2 N–H and O–H groups in total. The number of aryl methyl sites for hydroxylation is 1. The zero-order valence-electron chi connectivity index (χ0n) is 14.9. The molecule has 0 fully saturated rings. The lowest BCUT2D eigenvalue weighted by atomic mass is 10.1. The van der Waals surface area contributed by atoms with Crippen LogP contribution in [0, 0.1) is 0 Å². The van der Waals surface area contributed by atoms with Crippen molar-refractivity contribution in [3.05, 3.63) is 71.9 Å². The van der Waals surface area contributed by atoms with Gasteiger partial charge in [0.2, 0.25) is 6.79 Å². The number of ether oxygens (including phenoxy) is 2. The van der Waals surface area contributed by atoms with Gasteiger partial charge in [-0.1, -0.05) is 25.1 Å². The van der Waals surface area contributed by atoms with E-state index in [2.05, 4.69) is 28.6 Å². The monoisotopic (exact) mass is 361 g/mol. The highest BCUT2D eigenvalue weighted by Crippen LogP contribution is 2.32. The minimum Gasteiger partial charge on any atom is -0.454 e. The number of para-hydroxylation sites is 1. The lowest BCUT2D eigenvalue weighted by Gasteiger charge is -2.11. The van der Waals surface area contributed by atoms with E-state index in [9.17, 15) is 4.79 Å². The fourth-order valence-corrected chi connectivity index (χ4v) is 2.87. The highest BCUT2D eigenvalue weighted by atomic mass is 16.7. The van der Waals surface area contributed by atoms with Gasteiger partial charge in [-0.3, -0.25) is 4.79 Å². The molecule has 4 rings (SSSR count). The van der Waals surface area contributed by atoms with Crippen LogP contribution in [-0.2, 0) is 6.42 Å². The molecule has 0 saturated carbocycles. The molecule has 0 unspecified atom stereocenters. The Labute approximate surface area is 157 Å². The number of amides is 1. The Morgan fingerprint density at radius 2 is 1.93 bits per heavy atom. The number of benzene rings is 2. The molecule has 0 saturated heterocycles. The Morgan fingerprint density at radius 3 is 2.74 bits per heavy atom. The van der Waals surface area contributed by atoms with Crippen LogP contribution in [0.5, 0.6) is 11.5 Å². The summed E-state index contributed by atoms with van der Waals surface area (Å²) in [6, 6.07) is 16.9. The number of carbonyl (C=O) groups excluding carboxylic acids is 1. The Kier molecular flexibility index (Phi) is 4.61. The third-order valence-corrected chi connectivity index (χ3v) is 4.32. The van der Waals surface area contributed by atoms with Crippen LogP contribution in [0.1, 0.15) is 22.8 Å². The summed E-state index contributed by atoms with van der Waals surface area (Å²) in [7, 11) is 0. The van der Waals surface area contributed by atoms with Gasteiger partial charge in [0.05, 0.1) is 11.9 Å². The predicted molar refractivity (Wildman–Crippen MR) is 104 cm³/mol. The number of hydrogen-bond donors (Lipinski definition) is 2. The minimum absolute atomic E-state index is 0.181. The van der Waals surface area contributed by atoms with Crippen LogP contribution in [0.15, 0.2) is 60.8 Å². The van der Waals surface area contributed by atoms with E-state index in [4.69, 9.17) is 9.47 Å². The Morgan fingerprint density at radius 1 is 1.07 bits per heavy atom. The average molecular weight is 361 g/mol. The largest absolute Gasteiger partial charge is 0.454 e. The molecule has 0 atom stereocenters. The lowest BCUT2D eigenvalue weighted by Crippen LogP contribution is -2.12. The van der Waals surface area contributed by atoms with Crippen LogP contribution in [0.25, 0.3) is 0 Å². The highest BCUT2D eigenvalue weighted by molar-refractivity contribution is 6.04. The van der Waals surface area contributed by atoms with E-state index in [1.807, 2.05) is 30.3 Å². The number of aromatic nitrogens is 1. The molecular formula is C21H19N3O3. The van der Waals surface area contributed by atoms with Crippen molar-refractivity contribution in [2.24, 2.45) is 0 Å². The molecule has 0 aliphatic carbocycles. The summed E-state index contributed by atoms with van der Waals surface area (Å²) in [5.41, 5.74) is 3.37. The summed E-state index contributed by atoms with van der Waals surface area (Å²) in [4.78, 5) is 16.8. The topological polar surface area (TPSA) is 72.5 Å². The van der Waals surface area contributed by atoms with Gasteiger partial charge in [0.15, 0.2) is 11.5 Å². The molecule has 27 heavy (non-hydrogen) atoms. The van der Waals surface area contributed by atoms with Crippen LogP contribution >= 0.6 is 0 Å². The molecule has 1 aromatic heterocycles. The second-order valence-corrected chi connectivity index (χ2v) is 6.09. The Bertz CT molecular complexity index is 971. The van der Waals surface area contributed by atoms with Crippen molar-refractivity contribution in [1.82, 2.24) is 4.98 Å². The molecule has 1 aliphatic rings. The number of fused-ring (bicyclic) bond motifs is 1. The summed E-state index contributed by atoms with van der Waals surface area (Å²) in [5.74, 6) is 1.72. The summed E-state index contributed by atoms with van der Waals surface area (Å²) in [5, 5.41) is 6.15. The lowest BCUT2D eigenvalue weighted by molar-refractivity contribution is 0.102. The van der Waals surface area contributed by atoms with Crippen molar-refractivity contribution < 1.29 is 14.3 Å². The van der Waals surface area contributed by atoms with Crippen molar-refractivity contribution in [2.45, 2.75) is 13.3 Å². The number of rotatable bonds is 5. The fraction of sp³-hybridized carbons (Fsp3) is 0.143. The number of hydrogen-bond acceptors (Lipinski definition) is 5. The molecule has 0 radical (unpaired) electrons. The molecule has 1 aliphatic heterocycles. The number of nitrogens with one attached hydrogen (secondary N) is 2. The third kappa shape index (κ3) is 3.69. The standard InChI is InChI=1S/C21H19N3O3/c1-2-14-5-3-4-6-17(14)24-20-10-8-16(12-22-20)23-21(25)15-7-9-18-19(11-15)27-13-26-18/h3-12H,2,13H2,1H3,(H,22,24)(H,23,25). The van der Waals surface area contributed by atoms with Crippen LogP contribution in [0.3, 0.4) is 0 Å². The molecule has 0 bridgehead atoms. The first kappa shape index (κ1) is 16.9. The molecule has 6 nitrogen and oxygen atoms in total. The van der Waals surface area contributed by atoms with Crippen molar-refractivity contribution in [1.29, 1.82) is 0 Å². The van der Waals surface area contributed by atoms with Gasteiger partial charge < -0.3 is 20.1 Å². The SMILES string of the molecule is CCc1ccccc1Nc1ccc(NC(=O)c2ccc3c(c2)OCO3)cn1. The van der Waals surface area contributed by atoms with Gasteiger partial charge in [-0.2, -0.15) is 0 Å². The second kappa shape index (κ2) is 7.37. The Balaban J connectivity index is 1.44. The molecule has 2 aromatic carbocycles. The molecule has 136 valence electrons. The normalized spacial score (nSPS) is 11.9. The smallest absolute Gasteiger partial charge is 0.255 e. The van der Waals surface area contributed by atoms with Crippen molar-refractivity contribution >= 4 is 23.1 Å². The predicted octanol–water partition coefficient (Wildman–Crippen LogP) is 4.37. The van der Waals surface area contributed by atoms with Gasteiger partial charge in [-0.25, -0.2) is 4.98 Å². The summed E-state index contributed by atoms with van der Waals surface area (Å²) < 4.78 is 10.6. The number of pyridine rings is 1. The Hall–Kier alpha value is -3.54. The first-order valence-corrected chi connectivity index (χ1v) is 8.75. The van der Waals surface area contributed by atoms with E-state index in [1.54, 1.807) is 24.4 Å². The first-order valence-electron chi connectivity index (χ1n) is 8.75. The van der Waals surface area contributed by atoms with Crippen molar-refractivity contribution in [3.63, 3.8) is 0 Å². The van der Waals surface area contributed by atoms with E-state index in [-0.39, 0.29) is 12.7 Å². The van der Waals surface area contributed by atoms with Crippen LogP contribution < -0.4 is 20.1 Å². The number of anilines is 3. The second-order valence-electron chi connectivity index (χ2n) is 6.09. The zero-order valence-corrected chi connectivity index (χ0v) is 14.9. The fourth-order valence-electron chi connectivity index (χ4n) is 2.87. The van der Waals surface area contributed by atoms with E-state index < -0.39 is 0 Å². The van der Waals surface area contributed by atoms with Crippen molar-refractivity contribution in [3.8, 4) is 11.5 Å². The third-order valence-electron chi connectivity index (χ3n) is 4.32. The summed E-state index contributed by atoms with van der Waals surface area (Å²) in [6.45, 7) is 2.29. The van der Waals surface area contributed by atoms with Crippen molar-refractivity contribution in [2.75, 3.05) is 17.4 Å². The summed E-state index contributed by atoms with van der Waals surface area (Å²) in [6.07, 6.45) is 2.56. The van der Waals surface area contributed by atoms with Gasteiger partial charge in [0, 0.05) is 11.3 Å². The van der Waals surface area contributed by atoms with E-state index in [1.165, 1.54) is 5.56 Å². The highest BCUT2D eigenvalue weighted by Gasteiger charge is 2.16. The van der Waals surface area contributed by atoms with Gasteiger partial charge in [-0.05, 0) is 48.4 Å². The first-order chi connectivity index (χ1) is 13.2. The summed E-state index contributed by atoms with van der Waals surface area (Å²) >= 11 is 0.